The van der Waals surface area contributed by atoms with Crippen molar-refractivity contribution in [2.24, 2.45) is 0 Å². The molecule has 1 amide bonds. The summed E-state index contributed by atoms with van der Waals surface area (Å²) in [5.41, 5.74) is 3.26. The lowest BCUT2D eigenvalue weighted by Crippen LogP contribution is -2.20. The number of para-hydroxylation sites is 1. The summed E-state index contributed by atoms with van der Waals surface area (Å²) in [4.78, 5) is 21.2. The van der Waals surface area contributed by atoms with Crippen LogP contribution in [-0.2, 0) is 5.41 Å². The molecular formula is C23H26N4O. The quantitative estimate of drug-likeness (QED) is 0.644. The van der Waals surface area contributed by atoms with Crippen molar-refractivity contribution in [1.82, 2.24) is 9.97 Å². The maximum atomic E-state index is 12.8. The van der Waals surface area contributed by atoms with Crippen LogP contribution in [0.1, 0.15) is 55.4 Å². The molecule has 2 aromatic carbocycles. The second kappa shape index (κ2) is 8.21. The third-order valence-electron chi connectivity index (χ3n) is 4.55. The number of nitrogens with zero attached hydrogens (tertiary/aromatic N) is 2. The van der Waals surface area contributed by atoms with Gasteiger partial charge in [-0.1, -0.05) is 69.3 Å². The second-order valence-corrected chi connectivity index (χ2v) is 7.81. The average Bonchev–Trinajstić information content (AvgIpc) is 2.68. The van der Waals surface area contributed by atoms with E-state index in [0.29, 0.717) is 11.5 Å². The van der Waals surface area contributed by atoms with Crippen molar-refractivity contribution < 1.29 is 4.79 Å². The van der Waals surface area contributed by atoms with Crippen LogP contribution in [0.5, 0.6) is 0 Å². The van der Waals surface area contributed by atoms with E-state index in [1.54, 1.807) is 6.07 Å². The monoisotopic (exact) mass is 374 g/mol. The van der Waals surface area contributed by atoms with Gasteiger partial charge in [-0.15, -0.1) is 0 Å². The molecule has 0 saturated heterocycles. The summed E-state index contributed by atoms with van der Waals surface area (Å²) in [5, 5.41) is 6.31. The van der Waals surface area contributed by atoms with E-state index < -0.39 is 0 Å². The fraction of sp³-hybridized carbons (Fsp3) is 0.261. The van der Waals surface area contributed by atoms with E-state index in [-0.39, 0.29) is 17.4 Å². The Hall–Kier alpha value is -3.21. The molecule has 1 atom stereocenters. The van der Waals surface area contributed by atoms with Crippen molar-refractivity contribution in [3.8, 4) is 0 Å². The number of carbonyl (C=O) groups excluding carboxylic acids is 1. The third-order valence-corrected chi connectivity index (χ3v) is 4.55. The molecule has 28 heavy (non-hydrogen) atoms. The Morgan fingerprint density at radius 2 is 1.64 bits per heavy atom. The van der Waals surface area contributed by atoms with Gasteiger partial charge in [-0.25, -0.2) is 9.97 Å². The molecule has 0 radical (unpaired) electrons. The van der Waals surface area contributed by atoms with E-state index in [1.807, 2.05) is 42.5 Å². The molecule has 0 saturated carbocycles. The number of aromatic nitrogens is 2. The van der Waals surface area contributed by atoms with E-state index in [1.165, 1.54) is 6.33 Å². The highest BCUT2D eigenvalue weighted by atomic mass is 16.1. The van der Waals surface area contributed by atoms with E-state index in [9.17, 15) is 4.79 Å². The van der Waals surface area contributed by atoms with Gasteiger partial charge in [0, 0.05) is 17.8 Å². The van der Waals surface area contributed by atoms with Gasteiger partial charge < -0.3 is 10.6 Å². The van der Waals surface area contributed by atoms with Gasteiger partial charge in [-0.05, 0) is 29.5 Å². The van der Waals surface area contributed by atoms with Gasteiger partial charge in [0.15, 0.2) is 0 Å². The molecule has 0 bridgehead atoms. The summed E-state index contributed by atoms with van der Waals surface area (Å²) < 4.78 is 0. The maximum Gasteiger partial charge on any atom is 0.274 e. The number of amides is 1. The number of anilines is 2. The standard InChI is InChI=1S/C23H26N4O/c1-16(17-10-6-5-7-11-17)26-21-14-20(24-15-25-21)22(28)27-19-13-9-8-12-18(19)23(2,3)4/h5-16H,1-4H3,(H,27,28)(H,24,25,26). The Morgan fingerprint density at radius 1 is 0.964 bits per heavy atom. The Balaban J connectivity index is 1.76. The summed E-state index contributed by atoms with van der Waals surface area (Å²) in [5.74, 6) is 0.357. The van der Waals surface area contributed by atoms with E-state index >= 15 is 0 Å². The zero-order chi connectivity index (χ0) is 20.1. The molecule has 0 aliphatic heterocycles. The molecule has 0 fully saturated rings. The summed E-state index contributed by atoms with van der Waals surface area (Å²) in [7, 11) is 0. The second-order valence-electron chi connectivity index (χ2n) is 7.81. The molecule has 1 aromatic heterocycles. The van der Waals surface area contributed by atoms with Crippen LogP contribution in [0.15, 0.2) is 67.0 Å². The fourth-order valence-electron chi connectivity index (χ4n) is 3.04. The van der Waals surface area contributed by atoms with Crippen molar-refractivity contribution >= 4 is 17.4 Å². The van der Waals surface area contributed by atoms with Gasteiger partial charge in [0.1, 0.15) is 17.8 Å². The predicted octanol–water partition coefficient (Wildman–Crippen LogP) is 5.20. The van der Waals surface area contributed by atoms with Gasteiger partial charge in [-0.3, -0.25) is 4.79 Å². The minimum Gasteiger partial charge on any atom is -0.363 e. The van der Waals surface area contributed by atoms with Gasteiger partial charge in [-0.2, -0.15) is 0 Å². The molecule has 1 unspecified atom stereocenters. The van der Waals surface area contributed by atoms with Crippen molar-refractivity contribution in [2.75, 3.05) is 10.6 Å². The topological polar surface area (TPSA) is 66.9 Å². The van der Waals surface area contributed by atoms with Crippen molar-refractivity contribution in [3.05, 3.63) is 83.8 Å². The summed E-state index contributed by atoms with van der Waals surface area (Å²) in [6.45, 7) is 8.41. The number of carbonyl (C=O) groups is 1. The smallest absolute Gasteiger partial charge is 0.274 e. The van der Waals surface area contributed by atoms with Crippen LogP contribution in [0.3, 0.4) is 0 Å². The lowest BCUT2D eigenvalue weighted by molar-refractivity contribution is 0.102. The van der Waals surface area contributed by atoms with Gasteiger partial charge >= 0.3 is 0 Å². The van der Waals surface area contributed by atoms with Crippen LogP contribution in [0, 0.1) is 0 Å². The molecule has 144 valence electrons. The summed E-state index contributed by atoms with van der Waals surface area (Å²) >= 11 is 0. The molecule has 3 aromatic rings. The van der Waals surface area contributed by atoms with E-state index in [0.717, 1.165) is 16.8 Å². The Labute approximate surface area is 166 Å². The molecule has 0 aliphatic carbocycles. The highest BCUT2D eigenvalue weighted by Gasteiger charge is 2.19. The maximum absolute atomic E-state index is 12.8. The lowest BCUT2D eigenvalue weighted by Gasteiger charge is -2.23. The SMILES string of the molecule is CC(Nc1cc(C(=O)Nc2ccccc2C(C)(C)C)ncn1)c1ccccc1. The highest BCUT2D eigenvalue weighted by Crippen LogP contribution is 2.29. The number of nitrogens with one attached hydrogen (secondary N) is 2. The molecule has 2 N–H and O–H groups in total. The summed E-state index contributed by atoms with van der Waals surface area (Å²) in [6, 6.07) is 19.7. The molecule has 3 rings (SSSR count). The van der Waals surface area contributed by atoms with E-state index in [4.69, 9.17) is 0 Å². The first-order valence-electron chi connectivity index (χ1n) is 9.39. The van der Waals surface area contributed by atoms with Crippen molar-refractivity contribution in [3.63, 3.8) is 0 Å². The first-order valence-corrected chi connectivity index (χ1v) is 9.39. The van der Waals surface area contributed by atoms with Crippen molar-refractivity contribution in [2.45, 2.75) is 39.2 Å². The van der Waals surface area contributed by atoms with Crippen LogP contribution in [0.2, 0.25) is 0 Å². The molecular weight excluding hydrogens is 348 g/mol. The molecule has 5 heteroatoms. The van der Waals surface area contributed by atoms with Gasteiger partial charge in [0.05, 0.1) is 0 Å². The number of benzene rings is 2. The molecule has 0 aliphatic rings. The number of hydrogen-bond acceptors (Lipinski definition) is 4. The first kappa shape index (κ1) is 19.5. The van der Waals surface area contributed by atoms with Gasteiger partial charge in [0.2, 0.25) is 0 Å². The zero-order valence-electron chi connectivity index (χ0n) is 16.7. The Bertz CT molecular complexity index is 948. The van der Waals surface area contributed by atoms with E-state index in [2.05, 4.69) is 60.4 Å². The average molecular weight is 374 g/mol. The van der Waals surface area contributed by atoms with Gasteiger partial charge in [0.25, 0.3) is 5.91 Å². The minimum atomic E-state index is -0.255. The molecule has 5 nitrogen and oxygen atoms in total. The predicted molar refractivity (Wildman–Crippen MR) is 114 cm³/mol. The first-order chi connectivity index (χ1) is 13.3. The largest absolute Gasteiger partial charge is 0.363 e. The minimum absolute atomic E-state index is 0.0635. The molecule has 0 spiro atoms. The number of rotatable bonds is 5. The van der Waals surface area contributed by atoms with Crippen LogP contribution in [0.4, 0.5) is 11.5 Å². The van der Waals surface area contributed by atoms with Crippen LogP contribution in [-0.4, -0.2) is 15.9 Å². The van der Waals surface area contributed by atoms with Crippen LogP contribution < -0.4 is 10.6 Å². The van der Waals surface area contributed by atoms with Crippen molar-refractivity contribution in [1.29, 1.82) is 0 Å². The Morgan fingerprint density at radius 3 is 2.36 bits per heavy atom. The normalized spacial score (nSPS) is 12.3. The summed E-state index contributed by atoms with van der Waals surface area (Å²) in [6.07, 6.45) is 1.41. The lowest BCUT2D eigenvalue weighted by atomic mass is 9.86. The third kappa shape index (κ3) is 4.74. The van der Waals surface area contributed by atoms with Crippen LogP contribution in [0.25, 0.3) is 0 Å². The van der Waals surface area contributed by atoms with Crippen LogP contribution >= 0.6 is 0 Å². The molecule has 1 heterocycles. The zero-order valence-corrected chi connectivity index (χ0v) is 16.7. The Kier molecular flexibility index (Phi) is 5.73. The fourth-order valence-corrected chi connectivity index (χ4v) is 3.04. The highest BCUT2D eigenvalue weighted by molar-refractivity contribution is 6.03. The number of hydrogen-bond donors (Lipinski definition) is 2.